The lowest BCUT2D eigenvalue weighted by Gasteiger charge is -2.42. The summed E-state index contributed by atoms with van der Waals surface area (Å²) in [6, 6.07) is 8.59. The maximum absolute atomic E-state index is 7.11. The van der Waals surface area contributed by atoms with E-state index in [4.69, 9.17) is 5.73 Å². The molecule has 0 saturated heterocycles. The molecule has 1 unspecified atom stereocenters. The second-order valence-corrected chi connectivity index (χ2v) is 7.51. The zero-order chi connectivity index (χ0) is 19.6. The van der Waals surface area contributed by atoms with Crippen molar-refractivity contribution in [3.8, 4) is 0 Å². The molecule has 3 rings (SSSR count). The van der Waals surface area contributed by atoms with Crippen molar-refractivity contribution in [2.75, 3.05) is 18.4 Å². The lowest BCUT2D eigenvalue weighted by molar-refractivity contribution is 0.360. The molecule has 2 heterocycles. The van der Waals surface area contributed by atoms with Gasteiger partial charge in [-0.05, 0) is 44.2 Å². The molecular formula is C22H33N5. The minimum atomic E-state index is -0.746. The van der Waals surface area contributed by atoms with Crippen LogP contribution in [-0.4, -0.2) is 27.8 Å². The van der Waals surface area contributed by atoms with E-state index in [2.05, 4.69) is 68.1 Å². The third kappa shape index (κ3) is 3.36. The highest BCUT2D eigenvalue weighted by Crippen LogP contribution is 2.39. The van der Waals surface area contributed by atoms with Gasteiger partial charge >= 0.3 is 0 Å². The second-order valence-electron chi connectivity index (χ2n) is 7.51. The number of hydrogen-bond acceptors (Lipinski definition) is 4. The molecule has 1 aromatic heterocycles. The van der Waals surface area contributed by atoms with Crippen LogP contribution in [0.3, 0.4) is 0 Å². The lowest BCUT2D eigenvalue weighted by atomic mass is 9.86. The summed E-state index contributed by atoms with van der Waals surface area (Å²) in [5, 5.41) is 8.17. The summed E-state index contributed by atoms with van der Waals surface area (Å²) < 4.78 is 2.01. The smallest absolute Gasteiger partial charge is 0.139 e. The van der Waals surface area contributed by atoms with Gasteiger partial charge in [0.15, 0.2) is 0 Å². The van der Waals surface area contributed by atoms with Crippen LogP contribution in [0.5, 0.6) is 0 Å². The summed E-state index contributed by atoms with van der Waals surface area (Å²) >= 11 is 0. The predicted octanol–water partition coefficient (Wildman–Crippen LogP) is 4.30. The molecule has 0 aliphatic carbocycles. The Morgan fingerprint density at radius 2 is 1.81 bits per heavy atom. The van der Waals surface area contributed by atoms with E-state index in [0.717, 1.165) is 55.1 Å². The van der Waals surface area contributed by atoms with Crippen molar-refractivity contribution in [1.29, 1.82) is 0 Å². The largest absolute Gasteiger partial charge is 0.356 e. The average molecular weight is 368 g/mol. The zero-order valence-corrected chi connectivity index (χ0v) is 17.3. The van der Waals surface area contributed by atoms with Crippen molar-refractivity contribution < 1.29 is 0 Å². The van der Waals surface area contributed by atoms with Crippen molar-refractivity contribution in [2.45, 2.75) is 59.5 Å². The summed E-state index contributed by atoms with van der Waals surface area (Å²) in [5.41, 5.74) is 11.2. The summed E-state index contributed by atoms with van der Waals surface area (Å²) in [6.07, 6.45) is 4.96. The van der Waals surface area contributed by atoms with Crippen molar-refractivity contribution in [1.82, 2.24) is 14.7 Å². The maximum atomic E-state index is 7.11. The highest BCUT2D eigenvalue weighted by Gasteiger charge is 2.39. The van der Waals surface area contributed by atoms with Crippen LogP contribution in [-0.2, 0) is 12.1 Å². The van der Waals surface area contributed by atoms with E-state index in [1.165, 1.54) is 11.1 Å². The molecular weight excluding hydrogens is 334 g/mol. The number of nitrogens with two attached hydrogens (primary N) is 1. The summed E-state index contributed by atoms with van der Waals surface area (Å²) in [6.45, 7) is 12.9. The average Bonchev–Trinajstić information content (AvgIpc) is 3.09. The van der Waals surface area contributed by atoms with E-state index < -0.39 is 5.66 Å². The molecule has 0 saturated carbocycles. The number of nitrogens with zero attached hydrogens (tertiary/aromatic N) is 3. The molecule has 1 aliphatic heterocycles. The number of aromatic nitrogens is 2. The minimum absolute atomic E-state index is 0.746. The topological polar surface area (TPSA) is 59.1 Å². The standard InChI is InChI=1S/C22H33N5/c1-6-13-26(14-7-2)21-17(5)22(23,25-20-11-12-24-27(20)21)19-10-9-16(4)15-18(19)8-3/h9-12,15,25H,6-8,13-14,23H2,1-5H3. The molecule has 1 atom stereocenters. The molecule has 0 spiro atoms. The van der Waals surface area contributed by atoms with Gasteiger partial charge in [0, 0.05) is 24.7 Å². The van der Waals surface area contributed by atoms with Crippen molar-refractivity contribution in [3.63, 3.8) is 0 Å². The first-order valence-corrected chi connectivity index (χ1v) is 10.1. The fourth-order valence-electron chi connectivity index (χ4n) is 4.10. The maximum Gasteiger partial charge on any atom is 0.139 e. The minimum Gasteiger partial charge on any atom is -0.356 e. The van der Waals surface area contributed by atoms with E-state index in [1.807, 2.05) is 16.9 Å². The van der Waals surface area contributed by atoms with Gasteiger partial charge in [0.1, 0.15) is 17.3 Å². The van der Waals surface area contributed by atoms with Crippen LogP contribution in [0.2, 0.25) is 0 Å². The summed E-state index contributed by atoms with van der Waals surface area (Å²) in [4.78, 5) is 2.42. The Hall–Kier alpha value is -2.27. The first-order valence-electron chi connectivity index (χ1n) is 10.1. The summed E-state index contributed by atoms with van der Waals surface area (Å²) in [7, 11) is 0. The predicted molar refractivity (Wildman–Crippen MR) is 113 cm³/mol. The third-order valence-electron chi connectivity index (χ3n) is 5.45. The molecule has 5 heteroatoms. The van der Waals surface area contributed by atoms with Crippen molar-refractivity contribution in [2.24, 2.45) is 5.73 Å². The molecule has 5 nitrogen and oxygen atoms in total. The van der Waals surface area contributed by atoms with Gasteiger partial charge in [-0.1, -0.05) is 44.5 Å². The molecule has 0 amide bonds. The van der Waals surface area contributed by atoms with Gasteiger partial charge in [0.25, 0.3) is 0 Å². The normalized spacial score (nSPS) is 19.0. The number of hydrogen-bond donors (Lipinski definition) is 2. The number of nitrogens with one attached hydrogen (secondary N) is 1. The molecule has 146 valence electrons. The van der Waals surface area contributed by atoms with Crippen LogP contribution in [0.4, 0.5) is 5.82 Å². The number of anilines is 1. The molecule has 2 aromatic rings. The van der Waals surface area contributed by atoms with Gasteiger partial charge in [-0.2, -0.15) is 5.10 Å². The Bertz CT molecular complexity index is 829. The van der Waals surface area contributed by atoms with Gasteiger partial charge in [-0.3, -0.25) is 0 Å². The van der Waals surface area contributed by atoms with Crippen LogP contribution in [0.15, 0.2) is 36.0 Å². The third-order valence-corrected chi connectivity index (χ3v) is 5.45. The van der Waals surface area contributed by atoms with Crippen LogP contribution in [0.1, 0.15) is 57.2 Å². The first kappa shape index (κ1) is 19.5. The number of fused-ring (bicyclic) bond motifs is 1. The SMILES string of the molecule is CCCN(CCC)C1=C(C)C(N)(c2ccc(C)cc2CC)Nc2ccnn21. The Morgan fingerprint density at radius 3 is 2.44 bits per heavy atom. The molecule has 3 N–H and O–H groups in total. The van der Waals surface area contributed by atoms with E-state index in [-0.39, 0.29) is 0 Å². The van der Waals surface area contributed by atoms with Gasteiger partial charge in [0.2, 0.25) is 0 Å². The van der Waals surface area contributed by atoms with Crippen LogP contribution in [0, 0.1) is 6.92 Å². The van der Waals surface area contributed by atoms with Gasteiger partial charge in [0.05, 0.1) is 6.20 Å². The first-order chi connectivity index (χ1) is 13.0. The Kier molecular flexibility index (Phi) is 5.61. The fraction of sp³-hybridized carbons (Fsp3) is 0.500. The molecule has 27 heavy (non-hydrogen) atoms. The van der Waals surface area contributed by atoms with Crippen LogP contribution in [0.25, 0.3) is 5.82 Å². The van der Waals surface area contributed by atoms with Crippen molar-refractivity contribution in [3.05, 3.63) is 52.7 Å². The van der Waals surface area contributed by atoms with Crippen LogP contribution >= 0.6 is 0 Å². The van der Waals surface area contributed by atoms with E-state index in [9.17, 15) is 0 Å². The quantitative estimate of drug-likeness (QED) is 0.766. The molecule has 1 aromatic carbocycles. The lowest BCUT2D eigenvalue weighted by Crippen LogP contribution is -2.51. The Morgan fingerprint density at radius 1 is 1.11 bits per heavy atom. The molecule has 0 fully saturated rings. The highest BCUT2D eigenvalue weighted by atomic mass is 15.4. The van der Waals surface area contributed by atoms with Crippen LogP contribution < -0.4 is 11.1 Å². The van der Waals surface area contributed by atoms with E-state index >= 15 is 0 Å². The fourth-order valence-corrected chi connectivity index (χ4v) is 4.10. The van der Waals surface area contributed by atoms with E-state index in [1.54, 1.807) is 0 Å². The van der Waals surface area contributed by atoms with Gasteiger partial charge < -0.3 is 16.0 Å². The zero-order valence-electron chi connectivity index (χ0n) is 17.3. The molecule has 1 aliphatic rings. The molecule has 0 bridgehead atoms. The Balaban J connectivity index is 2.21. The number of rotatable bonds is 7. The number of aryl methyl sites for hydroxylation is 2. The van der Waals surface area contributed by atoms with Gasteiger partial charge in [-0.25, -0.2) is 4.68 Å². The monoisotopic (exact) mass is 367 g/mol. The summed E-state index contributed by atoms with van der Waals surface area (Å²) in [5.74, 6) is 2.06. The molecule has 0 radical (unpaired) electrons. The van der Waals surface area contributed by atoms with Gasteiger partial charge in [-0.15, -0.1) is 0 Å². The number of benzene rings is 1. The Labute approximate surface area is 163 Å². The highest BCUT2D eigenvalue weighted by molar-refractivity contribution is 5.67. The van der Waals surface area contributed by atoms with E-state index in [0.29, 0.717) is 0 Å². The van der Waals surface area contributed by atoms with Crippen molar-refractivity contribution >= 4 is 11.6 Å². The second kappa shape index (κ2) is 7.77.